The number of fused-ring (bicyclic) bond motifs is 1. The molecule has 0 bridgehead atoms. The second-order valence-corrected chi connectivity index (χ2v) is 5.09. The molecule has 0 aliphatic heterocycles. The van der Waals surface area contributed by atoms with Gasteiger partial charge in [-0.2, -0.15) is 0 Å². The molecule has 1 aliphatic rings. The minimum absolute atomic E-state index is 0. The van der Waals surface area contributed by atoms with Crippen LogP contribution in [0.15, 0.2) is 54.1 Å². The second-order valence-electron chi connectivity index (χ2n) is 5.09. The summed E-state index contributed by atoms with van der Waals surface area (Å²) in [6, 6.07) is 13.3. The molecule has 1 aliphatic carbocycles. The minimum atomic E-state index is 0. The van der Waals surface area contributed by atoms with E-state index in [1.807, 2.05) is 0 Å². The first-order valence-electron chi connectivity index (χ1n) is 6.93. The number of halogens is 2. The predicted molar refractivity (Wildman–Crippen MR) is 79.7 cm³/mol. The Labute approximate surface area is 158 Å². The molecule has 112 valence electrons. The summed E-state index contributed by atoms with van der Waals surface area (Å²) < 4.78 is 0. The average molecular weight is 485 g/mol. The summed E-state index contributed by atoms with van der Waals surface area (Å²) in [5, 5.41) is 2.73. The van der Waals surface area contributed by atoms with E-state index >= 15 is 0 Å². The van der Waals surface area contributed by atoms with Crippen molar-refractivity contribution in [2.24, 2.45) is 0 Å². The largest absolute Gasteiger partial charge is 1.00 e. The summed E-state index contributed by atoms with van der Waals surface area (Å²) in [6.07, 6.45) is 9.52. The summed E-state index contributed by atoms with van der Waals surface area (Å²) in [5.74, 6) is 0. The van der Waals surface area contributed by atoms with Crippen molar-refractivity contribution in [2.45, 2.75) is 32.6 Å². The molecule has 0 aromatic heterocycles. The molecular formula is C18H19Cl2Hf-3. The summed E-state index contributed by atoms with van der Waals surface area (Å²) in [4.78, 5) is 0. The first-order chi connectivity index (χ1) is 8.88. The van der Waals surface area contributed by atoms with Gasteiger partial charge in [0, 0.05) is 25.8 Å². The zero-order chi connectivity index (χ0) is 12.4. The number of hydrogen-bond acceptors (Lipinski definition) is 0. The van der Waals surface area contributed by atoms with Crippen molar-refractivity contribution < 1.29 is 50.7 Å². The van der Waals surface area contributed by atoms with Crippen molar-refractivity contribution in [1.29, 1.82) is 0 Å². The van der Waals surface area contributed by atoms with Crippen LogP contribution in [-0.4, -0.2) is 0 Å². The maximum Gasteiger partial charge on any atom is 0 e. The van der Waals surface area contributed by atoms with Gasteiger partial charge < -0.3 is 24.8 Å². The molecule has 0 spiro atoms. The molecule has 0 saturated carbocycles. The third-order valence-corrected chi connectivity index (χ3v) is 3.79. The van der Waals surface area contributed by atoms with Crippen LogP contribution in [0, 0.1) is 0 Å². The normalized spacial score (nSPS) is 12.8. The topological polar surface area (TPSA) is 0 Å². The molecular weight excluding hydrogens is 466 g/mol. The Balaban J connectivity index is 0.00000133. The SMILES string of the molecule is CCCCC1=C(c2cc3ccccc3[cH-]2)CC=C1.[Cl-].[Cl-].[Hf]. The van der Waals surface area contributed by atoms with E-state index in [1.54, 1.807) is 11.1 Å². The van der Waals surface area contributed by atoms with Crippen molar-refractivity contribution in [3.05, 3.63) is 59.7 Å². The van der Waals surface area contributed by atoms with Crippen LogP contribution in [0.1, 0.15) is 38.2 Å². The van der Waals surface area contributed by atoms with Crippen molar-refractivity contribution >= 4 is 16.3 Å². The van der Waals surface area contributed by atoms with Crippen LogP contribution in [0.25, 0.3) is 16.3 Å². The van der Waals surface area contributed by atoms with Gasteiger partial charge in [-0.1, -0.05) is 61.3 Å². The number of hydrogen-bond donors (Lipinski definition) is 0. The van der Waals surface area contributed by atoms with Gasteiger partial charge in [0.25, 0.3) is 0 Å². The van der Waals surface area contributed by atoms with Crippen molar-refractivity contribution in [3.8, 4) is 0 Å². The van der Waals surface area contributed by atoms with Crippen LogP contribution in [-0.2, 0) is 25.8 Å². The maximum atomic E-state index is 2.34. The molecule has 0 atom stereocenters. The summed E-state index contributed by atoms with van der Waals surface area (Å²) in [5.41, 5.74) is 4.51. The second kappa shape index (κ2) is 9.71. The first-order valence-corrected chi connectivity index (χ1v) is 6.93. The van der Waals surface area contributed by atoms with E-state index in [2.05, 4.69) is 55.5 Å². The van der Waals surface area contributed by atoms with Gasteiger partial charge in [-0.15, -0.1) is 34.5 Å². The Morgan fingerprint density at radius 2 is 1.90 bits per heavy atom. The molecule has 0 heterocycles. The summed E-state index contributed by atoms with van der Waals surface area (Å²) in [7, 11) is 0. The van der Waals surface area contributed by atoms with Gasteiger partial charge in [0.1, 0.15) is 0 Å². The van der Waals surface area contributed by atoms with Gasteiger partial charge >= 0.3 is 0 Å². The van der Waals surface area contributed by atoms with Gasteiger partial charge in [-0.3, -0.25) is 0 Å². The van der Waals surface area contributed by atoms with Crippen molar-refractivity contribution in [3.63, 3.8) is 0 Å². The average Bonchev–Trinajstić information content (AvgIpc) is 3.01. The molecule has 2 aromatic rings. The minimum Gasteiger partial charge on any atom is -1.00 e. The van der Waals surface area contributed by atoms with E-state index in [-0.39, 0.29) is 50.7 Å². The van der Waals surface area contributed by atoms with Gasteiger partial charge in [-0.25, -0.2) is 0 Å². The number of unbranched alkanes of at least 4 members (excludes halogenated alkanes) is 1. The monoisotopic (exact) mass is 485 g/mol. The molecule has 0 fully saturated rings. The van der Waals surface area contributed by atoms with E-state index in [0.29, 0.717) is 0 Å². The van der Waals surface area contributed by atoms with Crippen LogP contribution in [0.2, 0.25) is 0 Å². The van der Waals surface area contributed by atoms with Crippen LogP contribution in [0.3, 0.4) is 0 Å². The maximum absolute atomic E-state index is 2.34. The molecule has 0 radical (unpaired) electrons. The van der Waals surface area contributed by atoms with E-state index in [4.69, 9.17) is 0 Å². The van der Waals surface area contributed by atoms with E-state index in [0.717, 1.165) is 6.42 Å². The predicted octanol–water partition coefficient (Wildman–Crippen LogP) is -0.532. The Hall–Kier alpha value is -0.240. The molecule has 0 N–H and O–H groups in total. The zero-order valence-electron chi connectivity index (χ0n) is 12.2. The molecule has 0 unspecified atom stereocenters. The van der Waals surface area contributed by atoms with Crippen LogP contribution >= 0.6 is 0 Å². The molecule has 0 amide bonds. The van der Waals surface area contributed by atoms with Gasteiger partial charge in [-0.05, 0) is 12.8 Å². The Kier molecular flexibility index (Phi) is 9.60. The molecule has 0 saturated heterocycles. The number of rotatable bonds is 4. The summed E-state index contributed by atoms with van der Waals surface area (Å²) in [6.45, 7) is 2.26. The van der Waals surface area contributed by atoms with E-state index < -0.39 is 0 Å². The third-order valence-electron chi connectivity index (χ3n) is 3.79. The smallest absolute Gasteiger partial charge is 0 e. The van der Waals surface area contributed by atoms with Crippen LogP contribution in [0.5, 0.6) is 0 Å². The van der Waals surface area contributed by atoms with Gasteiger partial charge in [0.2, 0.25) is 0 Å². The summed E-state index contributed by atoms with van der Waals surface area (Å²) >= 11 is 0. The Morgan fingerprint density at radius 1 is 1.14 bits per heavy atom. The molecule has 0 nitrogen and oxygen atoms in total. The third kappa shape index (κ3) is 4.61. The van der Waals surface area contributed by atoms with Crippen LogP contribution in [0.4, 0.5) is 0 Å². The van der Waals surface area contributed by atoms with Gasteiger partial charge in [0.05, 0.1) is 0 Å². The molecule has 3 heteroatoms. The fourth-order valence-corrected chi connectivity index (χ4v) is 2.78. The van der Waals surface area contributed by atoms with Gasteiger partial charge in [0.15, 0.2) is 0 Å². The standard InChI is InChI=1S/C18H19.2ClH.Hf/c1-2-3-7-14-10-6-11-18(14)17-12-15-8-4-5-9-16(15)13-17;;;/h4-6,8-10,12-13H,2-3,7,11H2,1H3;2*1H;/q-1;;;/p-2. The number of benzene rings is 1. The molecule has 2 aromatic carbocycles. The first kappa shape index (κ1) is 20.8. The Morgan fingerprint density at radius 3 is 2.62 bits per heavy atom. The quantitative estimate of drug-likeness (QED) is 0.404. The van der Waals surface area contributed by atoms with Crippen LogP contribution < -0.4 is 24.8 Å². The van der Waals surface area contributed by atoms with Crippen molar-refractivity contribution in [2.75, 3.05) is 0 Å². The fraction of sp³-hybridized carbons (Fsp3) is 0.278. The zero-order valence-corrected chi connectivity index (χ0v) is 17.3. The molecule has 21 heavy (non-hydrogen) atoms. The fourth-order valence-electron chi connectivity index (χ4n) is 2.78. The van der Waals surface area contributed by atoms with E-state index in [1.165, 1.54) is 35.6 Å². The van der Waals surface area contributed by atoms with Crippen molar-refractivity contribution in [1.82, 2.24) is 0 Å². The Bertz CT molecular complexity index is 590. The number of allylic oxidation sites excluding steroid dienone is 4. The molecule has 3 rings (SSSR count). The van der Waals surface area contributed by atoms with E-state index in [9.17, 15) is 0 Å².